The largest absolute Gasteiger partial charge is 0.489 e. The summed E-state index contributed by atoms with van der Waals surface area (Å²) in [4.78, 5) is 12.1. The number of benzene rings is 4. The van der Waals surface area contributed by atoms with Gasteiger partial charge in [0.15, 0.2) is 0 Å². The van der Waals surface area contributed by atoms with Gasteiger partial charge in [0.05, 0.1) is 0 Å². The third-order valence-electron chi connectivity index (χ3n) is 5.04. The molecule has 0 unspecified atom stereocenters. The van der Waals surface area contributed by atoms with Crippen LogP contribution in [0.2, 0.25) is 0 Å². The van der Waals surface area contributed by atoms with Crippen LogP contribution < -0.4 is 14.2 Å². The van der Waals surface area contributed by atoms with Crippen LogP contribution >= 0.6 is 0 Å². The highest BCUT2D eigenvalue weighted by atomic mass is 32.2. The van der Waals surface area contributed by atoms with Crippen LogP contribution in [-0.4, -0.2) is 14.3 Å². The van der Waals surface area contributed by atoms with Gasteiger partial charge in [0.2, 0.25) is 0 Å². The first-order valence-electron chi connectivity index (χ1n) is 9.60. The van der Waals surface area contributed by atoms with Gasteiger partial charge in [0, 0.05) is 22.0 Å². The Bertz CT molecular complexity index is 1400. The fraction of sp³-hybridized carbons (Fsp3) is 0.0417. The number of anilines is 1. The van der Waals surface area contributed by atoms with E-state index in [9.17, 15) is 13.2 Å². The SMILES string of the molecule is O=C1Nc2ccc(S(=O)(=O)Oc3ccc(OCc4ccccc4)cc3)c3cccc1c23. The number of hydrogen-bond donors (Lipinski definition) is 1. The number of carbonyl (C=O) groups is 1. The monoisotopic (exact) mass is 431 g/mol. The van der Waals surface area contributed by atoms with Crippen molar-refractivity contribution in [1.29, 1.82) is 0 Å². The average molecular weight is 431 g/mol. The molecule has 0 aromatic heterocycles. The lowest BCUT2D eigenvalue weighted by atomic mass is 10.1. The second kappa shape index (κ2) is 7.45. The predicted octanol–water partition coefficient (Wildman–Crippen LogP) is 4.75. The van der Waals surface area contributed by atoms with Gasteiger partial charge in [-0.1, -0.05) is 42.5 Å². The summed E-state index contributed by atoms with van der Waals surface area (Å²) in [5, 5.41) is 3.77. The molecule has 7 heteroatoms. The summed E-state index contributed by atoms with van der Waals surface area (Å²) in [7, 11) is -4.11. The van der Waals surface area contributed by atoms with E-state index in [4.69, 9.17) is 8.92 Å². The van der Waals surface area contributed by atoms with Crippen LogP contribution in [0.5, 0.6) is 11.5 Å². The smallest absolute Gasteiger partial charge is 0.339 e. The minimum absolute atomic E-state index is 0.00834. The van der Waals surface area contributed by atoms with Gasteiger partial charge in [0.25, 0.3) is 5.91 Å². The van der Waals surface area contributed by atoms with Crippen molar-refractivity contribution in [2.24, 2.45) is 0 Å². The predicted molar refractivity (Wildman–Crippen MR) is 117 cm³/mol. The van der Waals surface area contributed by atoms with Crippen molar-refractivity contribution >= 4 is 32.5 Å². The van der Waals surface area contributed by atoms with Gasteiger partial charge in [0.1, 0.15) is 23.0 Å². The highest BCUT2D eigenvalue weighted by Crippen LogP contribution is 2.37. The molecule has 1 aliphatic heterocycles. The molecule has 0 saturated carbocycles. The van der Waals surface area contributed by atoms with E-state index in [1.807, 2.05) is 30.3 Å². The number of rotatable bonds is 6. The Hall–Kier alpha value is -3.84. The number of nitrogens with one attached hydrogen (secondary N) is 1. The van der Waals surface area contributed by atoms with Gasteiger partial charge in [-0.25, -0.2) is 0 Å². The molecule has 1 aliphatic rings. The van der Waals surface area contributed by atoms with Crippen LogP contribution in [0.15, 0.2) is 89.8 Å². The van der Waals surface area contributed by atoms with Crippen molar-refractivity contribution < 1.29 is 22.1 Å². The Balaban J connectivity index is 1.38. The van der Waals surface area contributed by atoms with Crippen LogP contribution in [0.4, 0.5) is 5.69 Å². The third-order valence-corrected chi connectivity index (χ3v) is 6.35. The first-order valence-corrected chi connectivity index (χ1v) is 11.0. The summed E-state index contributed by atoms with van der Waals surface area (Å²) in [5.74, 6) is 0.523. The van der Waals surface area contributed by atoms with E-state index < -0.39 is 10.1 Å². The second-order valence-electron chi connectivity index (χ2n) is 7.08. The summed E-state index contributed by atoms with van der Waals surface area (Å²) in [6.07, 6.45) is 0. The molecule has 1 amide bonds. The molecule has 5 rings (SSSR count). The molecule has 1 heterocycles. The van der Waals surface area contributed by atoms with E-state index in [0.717, 1.165) is 5.56 Å². The number of hydrogen-bond acceptors (Lipinski definition) is 5. The number of ether oxygens (including phenoxy) is 1. The van der Waals surface area contributed by atoms with E-state index in [0.29, 0.717) is 34.4 Å². The first kappa shape index (κ1) is 19.1. The summed E-state index contributed by atoms with van der Waals surface area (Å²) in [5.41, 5.74) is 2.07. The summed E-state index contributed by atoms with van der Waals surface area (Å²) < 4.78 is 37.0. The van der Waals surface area contributed by atoms with Crippen LogP contribution in [0.25, 0.3) is 10.8 Å². The normalized spacial score (nSPS) is 12.6. The zero-order chi connectivity index (χ0) is 21.4. The van der Waals surface area contributed by atoms with E-state index >= 15 is 0 Å². The first-order chi connectivity index (χ1) is 15.0. The van der Waals surface area contributed by atoms with Crippen LogP contribution in [-0.2, 0) is 16.7 Å². The Kier molecular flexibility index (Phi) is 4.60. The fourth-order valence-corrected chi connectivity index (χ4v) is 4.71. The van der Waals surface area contributed by atoms with Crippen molar-refractivity contribution in [2.45, 2.75) is 11.5 Å². The van der Waals surface area contributed by atoms with Crippen molar-refractivity contribution in [2.75, 3.05) is 5.32 Å². The highest BCUT2D eigenvalue weighted by molar-refractivity contribution is 7.87. The maximum atomic E-state index is 13.0. The lowest BCUT2D eigenvalue weighted by Crippen LogP contribution is -2.10. The molecule has 6 nitrogen and oxygen atoms in total. The van der Waals surface area contributed by atoms with Gasteiger partial charge in [-0.2, -0.15) is 8.42 Å². The molecule has 4 aromatic carbocycles. The summed E-state index contributed by atoms with van der Waals surface area (Å²) in [6.45, 7) is 0.409. The van der Waals surface area contributed by atoms with Gasteiger partial charge >= 0.3 is 10.1 Å². The highest BCUT2D eigenvalue weighted by Gasteiger charge is 2.27. The standard InChI is InChI=1S/C24H17NO5S/c26-24-20-8-4-7-19-22(14-13-21(25-24)23(19)20)31(27,28)30-18-11-9-17(10-12-18)29-15-16-5-2-1-3-6-16/h1-14H,15H2,(H,25,26). The molecule has 0 atom stereocenters. The van der Waals surface area contributed by atoms with Crippen LogP contribution in [0.1, 0.15) is 15.9 Å². The second-order valence-corrected chi connectivity index (χ2v) is 8.59. The lowest BCUT2D eigenvalue weighted by Gasteiger charge is -2.11. The molecule has 4 aromatic rings. The van der Waals surface area contributed by atoms with Crippen LogP contribution in [0, 0.1) is 0 Å². The minimum Gasteiger partial charge on any atom is -0.489 e. The van der Waals surface area contributed by atoms with E-state index in [-0.39, 0.29) is 16.6 Å². The molecule has 0 radical (unpaired) electrons. The zero-order valence-electron chi connectivity index (χ0n) is 16.2. The maximum absolute atomic E-state index is 13.0. The van der Waals surface area contributed by atoms with Crippen molar-refractivity contribution in [1.82, 2.24) is 0 Å². The molecule has 0 saturated heterocycles. The minimum atomic E-state index is -4.11. The van der Waals surface area contributed by atoms with Crippen molar-refractivity contribution in [3.05, 3.63) is 96.1 Å². The molecule has 154 valence electrons. The fourth-order valence-electron chi connectivity index (χ4n) is 3.58. The molecule has 31 heavy (non-hydrogen) atoms. The lowest BCUT2D eigenvalue weighted by molar-refractivity contribution is 0.103. The topological polar surface area (TPSA) is 81.7 Å². The third kappa shape index (κ3) is 3.60. The van der Waals surface area contributed by atoms with Gasteiger partial charge in [-0.3, -0.25) is 4.79 Å². The number of carbonyl (C=O) groups excluding carboxylic acids is 1. The van der Waals surface area contributed by atoms with E-state index in [2.05, 4.69) is 5.32 Å². The molecular formula is C24H17NO5S. The van der Waals surface area contributed by atoms with Gasteiger partial charge in [-0.15, -0.1) is 0 Å². The Morgan fingerprint density at radius 3 is 2.29 bits per heavy atom. The Morgan fingerprint density at radius 1 is 0.774 bits per heavy atom. The zero-order valence-corrected chi connectivity index (χ0v) is 17.1. The summed E-state index contributed by atoms with van der Waals surface area (Å²) >= 11 is 0. The average Bonchev–Trinajstić information content (AvgIpc) is 3.11. The van der Waals surface area contributed by atoms with Crippen LogP contribution in [0.3, 0.4) is 0 Å². The maximum Gasteiger partial charge on any atom is 0.339 e. The van der Waals surface area contributed by atoms with Gasteiger partial charge in [-0.05, 0) is 48.0 Å². The molecule has 0 spiro atoms. The van der Waals surface area contributed by atoms with Crippen molar-refractivity contribution in [3.8, 4) is 11.5 Å². The quantitative estimate of drug-likeness (QED) is 0.446. The molecule has 0 fully saturated rings. The molecule has 0 aliphatic carbocycles. The summed E-state index contributed by atoms with van der Waals surface area (Å²) in [6, 6.07) is 24.2. The van der Waals surface area contributed by atoms with E-state index in [1.54, 1.807) is 48.5 Å². The Labute approximate surface area is 179 Å². The molecular weight excluding hydrogens is 414 g/mol. The van der Waals surface area contributed by atoms with E-state index in [1.165, 1.54) is 6.07 Å². The number of amides is 1. The van der Waals surface area contributed by atoms with Crippen molar-refractivity contribution in [3.63, 3.8) is 0 Å². The Morgan fingerprint density at radius 2 is 1.52 bits per heavy atom. The molecule has 0 bridgehead atoms. The van der Waals surface area contributed by atoms with Gasteiger partial charge < -0.3 is 14.2 Å². The molecule has 1 N–H and O–H groups in total.